The topological polar surface area (TPSA) is 88.2 Å². The van der Waals surface area contributed by atoms with Crippen molar-refractivity contribution in [2.45, 2.75) is 44.6 Å². The van der Waals surface area contributed by atoms with Crippen LogP contribution in [0.15, 0.2) is 71.9 Å². The lowest BCUT2D eigenvalue weighted by molar-refractivity contribution is 0.0950. The van der Waals surface area contributed by atoms with Crippen molar-refractivity contribution in [2.24, 2.45) is 0 Å². The minimum atomic E-state index is -3.82. The van der Waals surface area contributed by atoms with Crippen molar-refractivity contribution in [1.29, 1.82) is 0 Å². The van der Waals surface area contributed by atoms with Crippen LogP contribution in [0.2, 0.25) is 0 Å². The van der Waals surface area contributed by atoms with Crippen LogP contribution in [-0.2, 0) is 23.0 Å². The number of pyridine rings is 1. The molecule has 31 heavy (non-hydrogen) atoms. The average Bonchev–Trinajstić information content (AvgIpc) is 2.77. The van der Waals surface area contributed by atoms with Crippen LogP contribution in [0.3, 0.4) is 0 Å². The minimum absolute atomic E-state index is 0.0437. The fourth-order valence-corrected chi connectivity index (χ4v) is 4.21. The van der Waals surface area contributed by atoms with Gasteiger partial charge in [-0.2, -0.15) is 0 Å². The third-order valence-corrected chi connectivity index (χ3v) is 6.37. The van der Waals surface area contributed by atoms with Gasteiger partial charge in [-0.3, -0.25) is 14.5 Å². The maximum atomic E-state index is 12.9. The first-order valence-electron chi connectivity index (χ1n) is 10.3. The highest BCUT2D eigenvalue weighted by Gasteiger charge is 2.18. The lowest BCUT2D eigenvalue weighted by atomic mass is 10.1. The number of hydrogen-bond acceptors (Lipinski definition) is 4. The van der Waals surface area contributed by atoms with E-state index in [4.69, 9.17) is 0 Å². The van der Waals surface area contributed by atoms with Gasteiger partial charge in [0.15, 0.2) is 0 Å². The van der Waals surface area contributed by atoms with Gasteiger partial charge in [-0.15, -0.1) is 0 Å². The maximum Gasteiger partial charge on any atom is 0.261 e. The molecule has 0 aliphatic heterocycles. The van der Waals surface area contributed by atoms with Gasteiger partial charge in [0.05, 0.1) is 4.90 Å². The second kappa shape index (κ2) is 10.2. The molecule has 0 radical (unpaired) electrons. The second-order valence-electron chi connectivity index (χ2n) is 7.42. The number of aromatic nitrogens is 1. The summed E-state index contributed by atoms with van der Waals surface area (Å²) in [5.41, 5.74) is 3.60. The van der Waals surface area contributed by atoms with Gasteiger partial charge in [0, 0.05) is 30.2 Å². The number of unbranched alkanes of at least 4 members (excludes halogenated alkanes) is 1. The Morgan fingerprint density at radius 1 is 0.968 bits per heavy atom. The SMILES string of the molecule is CCCCc1ccc(NS(=O)(=O)c2ccc(C)c(C(=O)NCc3ccncc3)c2)cc1. The van der Waals surface area contributed by atoms with Crippen LogP contribution in [0.5, 0.6) is 0 Å². The zero-order valence-corrected chi connectivity index (χ0v) is 18.6. The first-order chi connectivity index (χ1) is 14.9. The molecule has 0 bridgehead atoms. The number of nitrogens with zero attached hydrogens (tertiary/aromatic N) is 1. The molecule has 0 aliphatic carbocycles. The molecule has 1 heterocycles. The van der Waals surface area contributed by atoms with Crippen LogP contribution in [0.1, 0.15) is 46.8 Å². The molecule has 0 fully saturated rings. The summed E-state index contributed by atoms with van der Waals surface area (Å²) < 4.78 is 28.3. The van der Waals surface area contributed by atoms with E-state index in [1.165, 1.54) is 17.7 Å². The molecule has 1 amide bonds. The molecule has 0 unspecified atom stereocenters. The molecule has 162 valence electrons. The molecule has 2 N–H and O–H groups in total. The Hall–Kier alpha value is -3.19. The summed E-state index contributed by atoms with van der Waals surface area (Å²) in [6, 6.07) is 15.6. The molecule has 0 aliphatic rings. The highest BCUT2D eigenvalue weighted by atomic mass is 32.2. The quantitative estimate of drug-likeness (QED) is 0.517. The fraction of sp³-hybridized carbons (Fsp3) is 0.250. The Balaban J connectivity index is 1.73. The molecular formula is C24H27N3O3S. The van der Waals surface area contributed by atoms with E-state index in [0.717, 1.165) is 24.8 Å². The summed E-state index contributed by atoms with van der Waals surface area (Å²) in [6.45, 7) is 4.25. The van der Waals surface area contributed by atoms with Crippen LogP contribution in [0.25, 0.3) is 0 Å². The average molecular weight is 438 g/mol. The Morgan fingerprint density at radius 3 is 2.35 bits per heavy atom. The summed E-state index contributed by atoms with van der Waals surface area (Å²) in [5, 5.41) is 2.83. The van der Waals surface area contributed by atoms with Crippen LogP contribution in [-0.4, -0.2) is 19.3 Å². The molecule has 0 saturated heterocycles. The van der Waals surface area contributed by atoms with Gasteiger partial charge in [0.25, 0.3) is 15.9 Å². The van der Waals surface area contributed by atoms with Gasteiger partial charge in [-0.1, -0.05) is 31.5 Å². The molecule has 0 atom stereocenters. The Labute approximate surface area is 183 Å². The summed E-state index contributed by atoms with van der Waals surface area (Å²) in [7, 11) is -3.82. The minimum Gasteiger partial charge on any atom is -0.348 e. The number of carbonyl (C=O) groups is 1. The standard InChI is InChI=1S/C24H27N3O3S/c1-3-4-5-19-7-9-21(10-8-19)27-31(29,30)22-11-6-18(2)23(16-22)24(28)26-17-20-12-14-25-15-13-20/h6-16,27H,3-5,17H2,1-2H3,(H,26,28). The molecule has 0 saturated carbocycles. The number of rotatable bonds is 9. The molecule has 3 rings (SSSR count). The highest BCUT2D eigenvalue weighted by molar-refractivity contribution is 7.92. The van der Waals surface area contributed by atoms with Crippen LogP contribution in [0, 0.1) is 6.92 Å². The highest BCUT2D eigenvalue weighted by Crippen LogP contribution is 2.20. The van der Waals surface area contributed by atoms with Crippen LogP contribution >= 0.6 is 0 Å². The normalized spacial score (nSPS) is 11.2. The zero-order valence-electron chi connectivity index (χ0n) is 17.8. The zero-order chi connectivity index (χ0) is 22.3. The summed E-state index contributed by atoms with van der Waals surface area (Å²) in [5.74, 6) is -0.327. The Kier molecular flexibility index (Phi) is 7.41. The summed E-state index contributed by atoms with van der Waals surface area (Å²) >= 11 is 0. The van der Waals surface area contributed by atoms with Crippen LogP contribution in [0.4, 0.5) is 5.69 Å². The second-order valence-corrected chi connectivity index (χ2v) is 9.10. The van der Waals surface area contributed by atoms with Gasteiger partial charge >= 0.3 is 0 Å². The maximum absolute atomic E-state index is 12.9. The number of carbonyl (C=O) groups excluding carboxylic acids is 1. The third-order valence-electron chi connectivity index (χ3n) is 4.99. The third kappa shape index (κ3) is 6.15. The van der Waals surface area contributed by atoms with E-state index >= 15 is 0 Å². The largest absolute Gasteiger partial charge is 0.348 e. The van der Waals surface area contributed by atoms with Gasteiger partial charge in [-0.25, -0.2) is 8.42 Å². The smallest absolute Gasteiger partial charge is 0.261 e. The van der Waals surface area contributed by atoms with E-state index in [9.17, 15) is 13.2 Å². The van der Waals surface area contributed by atoms with Crippen molar-refractivity contribution < 1.29 is 13.2 Å². The number of aryl methyl sites for hydroxylation is 2. The van der Waals surface area contributed by atoms with Crippen molar-refractivity contribution in [3.63, 3.8) is 0 Å². The lowest BCUT2D eigenvalue weighted by Crippen LogP contribution is -2.24. The molecule has 6 nitrogen and oxygen atoms in total. The van der Waals surface area contributed by atoms with Crippen molar-refractivity contribution >= 4 is 21.6 Å². The lowest BCUT2D eigenvalue weighted by Gasteiger charge is -2.12. The van der Waals surface area contributed by atoms with Gasteiger partial charge < -0.3 is 5.32 Å². The number of sulfonamides is 1. The van der Waals surface area contributed by atoms with E-state index in [0.29, 0.717) is 23.4 Å². The molecule has 3 aromatic rings. The van der Waals surface area contributed by atoms with Crippen molar-refractivity contribution in [3.05, 3.63) is 89.2 Å². The van der Waals surface area contributed by atoms with E-state index in [2.05, 4.69) is 21.9 Å². The fourth-order valence-electron chi connectivity index (χ4n) is 3.13. The van der Waals surface area contributed by atoms with Crippen LogP contribution < -0.4 is 10.0 Å². The van der Waals surface area contributed by atoms with E-state index < -0.39 is 10.0 Å². The monoisotopic (exact) mass is 437 g/mol. The molecule has 2 aromatic carbocycles. The van der Waals surface area contributed by atoms with E-state index in [1.54, 1.807) is 37.5 Å². The molecular weight excluding hydrogens is 410 g/mol. The summed E-state index contributed by atoms with van der Waals surface area (Å²) in [6.07, 6.45) is 6.49. The molecule has 7 heteroatoms. The van der Waals surface area contributed by atoms with Gasteiger partial charge in [0.1, 0.15) is 0 Å². The number of hydrogen-bond donors (Lipinski definition) is 2. The van der Waals surface area contributed by atoms with Gasteiger partial charge in [-0.05, 0) is 72.9 Å². The first-order valence-corrected chi connectivity index (χ1v) is 11.8. The predicted molar refractivity (Wildman–Crippen MR) is 122 cm³/mol. The Morgan fingerprint density at radius 2 is 1.68 bits per heavy atom. The summed E-state index contributed by atoms with van der Waals surface area (Å²) in [4.78, 5) is 16.7. The van der Waals surface area contributed by atoms with Crippen molar-refractivity contribution in [1.82, 2.24) is 10.3 Å². The van der Waals surface area contributed by atoms with Crippen molar-refractivity contribution in [2.75, 3.05) is 4.72 Å². The molecule has 1 aromatic heterocycles. The van der Waals surface area contributed by atoms with Crippen molar-refractivity contribution in [3.8, 4) is 0 Å². The first kappa shape index (κ1) is 22.5. The van der Waals surface area contributed by atoms with E-state index in [-0.39, 0.29) is 10.8 Å². The Bertz CT molecular complexity index is 1130. The van der Waals surface area contributed by atoms with Gasteiger partial charge in [0.2, 0.25) is 0 Å². The number of anilines is 1. The number of amides is 1. The number of benzene rings is 2. The molecule has 0 spiro atoms. The van der Waals surface area contributed by atoms with E-state index in [1.807, 2.05) is 24.3 Å². The predicted octanol–water partition coefficient (Wildman–Crippen LogP) is 4.46. The number of nitrogens with one attached hydrogen (secondary N) is 2.